The number of nitrogens with one attached hydrogen (secondary N) is 2. The molecule has 0 radical (unpaired) electrons. The van der Waals surface area contributed by atoms with Crippen LogP contribution in [0.25, 0.3) is 0 Å². The lowest BCUT2D eigenvalue weighted by molar-refractivity contribution is -0.124. The average molecular weight is 306 g/mol. The van der Waals surface area contributed by atoms with Gasteiger partial charge in [0.25, 0.3) is 11.8 Å². The quantitative estimate of drug-likeness (QED) is 0.493. The highest BCUT2D eigenvalue weighted by molar-refractivity contribution is 6.08. The first kappa shape index (κ1) is 17.3. The van der Waals surface area contributed by atoms with Crippen LogP contribution in [0.4, 0.5) is 5.69 Å². The summed E-state index contributed by atoms with van der Waals surface area (Å²) in [4.78, 5) is 34.3. The Morgan fingerprint density at radius 3 is 2.55 bits per heavy atom. The van der Waals surface area contributed by atoms with E-state index in [0.717, 1.165) is 0 Å². The molecule has 8 nitrogen and oxygen atoms in total. The summed E-state index contributed by atoms with van der Waals surface area (Å²) in [7, 11) is 1.39. The molecule has 1 aromatic rings. The number of anilines is 1. The van der Waals surface area contributed by atoms with Crippen LogP contribution in [0.3, 0.4) is 0 Å². The first-order chi connectivity index (χ1) is 10.4. The van der Waals surface area contributed by atoms with Gasteiger partial charge in [0.2, 0.25) is 5.91 Å². The van der Waals surface area contributed by atoms with Crippen molar-refractivity contribution in [3.05, 3.63) is 29.8 Å². The van der Waals surface area contributed by atoms with Crippen molar-refractivity contribution in [2.45, 2.75) is 13.3 Å². The number of nitrogens with two attached hydrogens (primary N) is 1. The van der Waals surface area contributed by atoms with Crippen LogP contribution in [0.5, 0.6) is 0 Å². The van der Waals surface area contributed by atoms with E-state index in [4.69, 9.17) is 5.73 Å². The Hall–Kier alpha value is -2.74. The van der Waals surface area contributed by atoms with Gasteiger partial charge in [0.05, 0.1) is 17.7 Å². The van der Waals surface area contributed by atoms with Crippen molar-refractivity contribution < 1.29 is 19.1 Å². The predicted molar refractivity (Wildman–Crippen MR) is 81.3 cm³/mol. The number of para-hydroxylation sites is 1. The third kappa shape index (κ3) is 5.71. The Morgan fingerprint density at radius 1 is 1.23 bits per heavy atom. The van der Waals surface area contributed by atoms with Gasteiger partial charge in [-0.1, -0.05) is 12.1 Å². The topological polar surface area (TPSA) is 123 Å². The van der Waals surface area contributed by atoms with Crippen molar-refractivity contribution >= 4 is 29.1 Å². The van der Waals surface area contributed by atoms with E-state index in [1.54, 1.807) is 25.1 Å². The zero-order valence-electron chi connectivity index (χ0n) is 12.4. The van der Waals surface area contributed by atoms with Gasteiger partial charge in [-0.05, 0) is 19.1 Å². The lowest BCUT2D eigenvalue weighted by Gasteiger charge is -2.08. The average Bonchev–Trinajstić information content (AvgIpc) is 2.45. The second kappa shape index (κ2) is 8.53. The molecule has 0 aliphatic carbocycles. The van der Waals surface area contributed by atoms with E-state index in [1.807, 2.05) is 0 Å². The zero-order chi connectivity index (χ0) is 16.5. The molecular formula is C14H18N4O4. The van der Waals surface area contributed by atoms with Crippen LogP contribution in [0.2, 0.25) is 0 Å². The van der Waals surface area contributed by atoms with E-state index >= 15 is 0 Å². The van der Waals surface area contributed by atoms with Gasteiger partial charge in [0.15, 0.2) is 0 Å². The lowest BCUT2D eigenvalue weighted by Crippen LogP contribution is -2.25. The van der Waals surface area contributed by atoms with E-state index in [2.05, 4.69) is 20.6 Å². The molecule has 3 amide bonds. The summed E-state index contributed by atoms with van der Waals surface area (Å²) in [6.07, 6.45) is -0.0413. The number of methoxy groups -OCH3 is 1. The first-order valence-electron chi connectivity index (χ1n) is 6.43. The zero-order valence-corrected chi connectivity index (χ0v) is 12.4. The van der Waals surface area contributed by atoms with Gasteiger partial charge < -0.3 is 15.8 Å². The summed E-state index contributed by atoms with van der Waals surface area (Å²) < 4.78 is 4.63. The molecule has 1 aromatic carbocycles. The Bertz CT molecular complexity index is 598. The SMILES string of the molecule is COCC(=O)N/N=C(/C)CC(=O)Nc1ccccc1C(N)=O. The molecule has 0 bridgehead atoms. The van der Waals surface area contributed by atoms with Gasteiger partial charge in [-0.25, -0.2) is 5.43 Å². The van der Waals surface area contributed by atoms with Gasteiger partial charge in [0.1, 0.15) is 6.61 Å². The molecule has 0 saturated heterocycles. The van der Waals surface area contributed by atoms with E-state index < -0.39 is 11.8 Å². The molecule has 1 rings (SSSR count). The third-order valence-corrected chi connectivity index (χ3v) is 2.53. The molecule has 0 spiro atoms. The summed E-state index contributed by atoms with van der Waals surface area (Å²) in [5.74, 6) is -1.43. The molecule has 0 aromatic heterocycles. The van der Waals surface area contributed by atoms with Crippen LogP contribution >= 0.6 is 0 Å². The number of rotatable bonds is 7. The molecule has 22 heavy (non-hydrogen) atoms. The van der Waals surface area contributed by atoms with Crippen LogP contribution in [-0.2, 0) is 14.3 Å². The van der Waals surface area contributed by atoms with Crippen LogP contribution in [0.1, 0.15) is 23.7 Å². The second-order valence-corrected chi connectivity index (χ2v) is 4.45. The summed E-state index contributed by atoms with van der Waals surface area (Å²) in [5, 5.41) is 6.34. The van der Waals surface area contributed by atoms with Crippen molar-refractivity contribution in [2.75, 3.05) is 19.0 Å². The second-order valence-electron chi connectivity index (χ2n) is 4.45. The summed E-state index contributed by atoms with van der Waals surface area (Å²) >= 11 is 0. The van der Waals surface area contributed by atoms with E-state index in [-0.39, 0.29) is 24.5 Å². The highest BCUT2D eigenvalue weighted by Gasteiger charge is 2.11. The summed E-state index contributed by atoms with van der Waals surface area (Å²) in [5.41, 5.74) is 8.43. The predicted octanol–water partition coefficient (Wildman–Crippen LogP) is 0.253. The van der Waals surface area contributed by atoms with E-state index in [9.17, 15) is 14.4 Å². The number of hydrazone groups is 1. The van der Waals surface area contributed by atoms with Crippen LogP contribution in [0.15, 0.2) is 29.4 Å². The molecule has 8 heteroatoms. The van der Waals surface area contributed by atoms with Crippen LogP contribution in [-0.4, -0.2) is 37.1 Å². The third-order valence-electron chi connectivity index (χ3n) is 2.53. The normalized spacial score (nSPS) is 10.9. The molecule has 0 heterocycles. The standard InChI is InChI=1S/C14H18N4O4/c1-9(17-18-13(20)8-22-2)7-12(19)16-11-6-4-3-5-10(11)14(15)21/h3-6H,7-8H2,1-2H3,(H2,15,21)(H,16,19)(H,18,20)/b17-9-. The number of hydrogen-bond acceptors (Lipinski definition) is 5. The monoisotopic (exact) mass is 306 g/mol. The smallest absolute Gasteiger partial charge is 0.266 e. The summed E-state index contributed by atoms with van der Waals surface area (Å²) in [6.45, 7) is 1.47. The molecule has 0 aliphatic rings. The maximum Gasteiger partial charge on any atom is 0.266 e. The Balaban J connectivity index is 2.61. The minimum atomic E-state index is -0.631. The van der Waals surface area contributed by atoms with Gasteiger partial charge >= 0.3 is 0 Å². The number of carbonyl (C=O) groups is 3. The number of carbonyl (C=O) groups excluding carboxylic acids is 3. The number of hydrogen-bond donors (Lipinski definition) is 3. The highest BCUT2D eigenvalue weighted by atomic mass is 16.5. The Labute approximate surface area is 127 Å². The van der Waals surface area contributed by atoms with Crippen LogP contribution < -0.4 is 16.5 Å². The van der Waals surface area contributed by atoms with Gasteiger partial charge in [-0.3, -0.25) is 14.4 Å². The van der Waals surface area contributed by atoms with Gasteiger partial charge in [-0.15, -0.1) is 0 Å². The number of amides is 3. The maximum atomic E-state index is 11.9. The number of ether oxygens (including phenoxy) is 1. The van der Waals surface area contributed by atoms with E-state index in [1.165, 1.54) is 13.2 Å². The van der Waals surface area contributed by atoms with Crippen molar-refractivity contribution in [1.82, 2.24) is 5.43 Å². The van der Waals surface area contributed by atoms with Crippen LogP contribution in [0, 0.1) is 0 Å². The largest absolute Gasteiger partial charge is 0.375 e. The fourth-order valence-electron chi connectivity index (χ4n) is 1.59. The van der Waals surface area contributed by atoms with Crippen molar-refractivity contribution in [3.8, 4) is 0 Å². The highest BCUT2D eigenvalue weighted by Crippen LogP contribution is 2.14. The minimum absolute atomic E-state index is 0.0413. The fraction of sp³-hybridized carbons (Fsp3) is 0.286. The van der Waals surface area contributed by atoms with Crippen molar-refractivity contribution in [1.29, 1.82) is 0 Å². The lowest BCUT2D eigenvalue weighted by atomic mass is 10.1. The fourth-order valence-corrected chi connectivity index (χ4v) is 1.59. The van der Waals surface area contributed by atoms with Crippen molar-refractivity contribution in [3.63, 3.8) is 0 Å². The maximum absolute atomic E-state index is 11.9. The number of nitrogens with zero attached hydrogens (tertiary/aromatic N) is 1. The van der Waals surface area contributed by atoms with Gasteiger partial charge in [0, 0.05) is 12.8 Å². The minimum Gasteiger partial charge on any atom is -0.375 e. The van der Waals surface area contributed by atoms with Crippen molar-refractivity contribution in [2.24, 2.45) is 10.8 Å². The molecule has 0 aliphatic heterocycles. The Morgan fingerprint density at radius 2 is 1.91 bits per heavy atom. The molecule has 118 valence electrons. The molecule has 0 atom stereocenters. The summed E-state index contributed by atoms with van der Waals surface area (Å²) in [6, 6.07) is 6.41. The Kier molecular flexibility index (Phi) is 6.71. The molecule has 4 N–H and O–H groups in total. The van der Waals surface area contributed by atoms with E-state index in [0.29, 0.717) is 11.4 Å². The van der Waals surface area contributed by atoms with Gasteiger partial charge in [-0.2, -0.15) is 5.10 Å². The number of primary amides is 1. The molecule has 0 saturated carbocycles. The molecule has 0 fully saturated rings. The first-order valence-corrected chi connectivity index (χ1v) is 6.43. The number of benzene rings is 1. The molecular weight excluding hydrogens is 288 g/mol. The molecule has 0 unspecified atom stereocenters.